The van der Waals surface area contributed by atoms with Crippen molar-refractivity contribution in [3.05, 3.63) is 71.0 Å². The minimum absolute atomic E-state index is 0.0136. The molecule has 0 radical (unpaired) electrons. The molecule has 2 aromatic rings. The molecule has 1 atom stereocenters. The summed E-state index contributed by atoms with van der Waals surface area (Å²) in [6.45, 7) is 0. The lowest BCUT2D eigenvalue weighted by molar-refractivity contribution is -0.137. The highest BCUT2D eigenvalue weighted by Gasteiger charge is 2.30. The number of nitrogens with one attached hydrogen (secondary N) is 1. The largest absolute Gasteiger partial charge is 0.416 e. The lowest BCUT2D eigenvalue weighted by atomic mass is 10.1. The maximum Gasteiger partial charge on any atom is 0.416 e. The average Bonchev–Trinajstić information content (AvgIpc) is 2.52. The van der Waals surface area contributed by atoms with Gasteiger partial charge in [-0.1, -0.05) is 12.1 Å². The van der Waals surface area contributed by atoms with Crippen LogP contribution < -0.4 is 5.32 Å². The number of hydrogen-bond acceptors (Lipinski definition) is 2. The van der Waals surface area contributed by atoms with Crippen molar-refractivity contribution in [1.82, 2.24) is 5.32 Å². The van der Waals surface area contributed by atoms with Crippen LogP contribution in [0.4, 0.5) is 17.6 Å². The Morgan fingerprint density at radius 2 is 1.61 bits per heavy atom. The van der Waals surface area contributed by atoms with E-state index in [2.05, 4.69) is 5.32 Å². The van der Waals surface area contributed by atoms with Gasteiger partial charge in [0.25, 0.3) is 5.91 Å². The fourth-order valence-corrected chi connectivity index (χ4v) is 1.87. The third-order valence-corrected chi connectivity index (χ3v) is 3.08. The van der Waals surface area contributed by atoms with Gasteiger partial charge in [-0.25, -0.2) is 4.39 Å². The molecular weight excluding hydrogens is 312 g/mol. The number of carbonyl (C=O) groups excluding carboxylic acids is 1. The number of carbonyl (C=O) groups is 1. The van der Waals surface area contributed by atoms with Gasteiger partial charge in [0.2, 0.25) is 0 Å². The number of rotatable bonds is 3. The van der Waals surface area contributed by atoms with Gasteiger partial charge in [0.1, 0.15) is 11.9 Å². The van der Waals surface area contributed by atoms with Gasteiger partial charge in [0.15, 0.2) is 0 Å². The Labute approximate surface area is 129 Å². The molecule has 2 rings (SSSR count). The van der Waals surface area contributed by atoms with Crippen molar-refractivity contribution in [2.75, 3.05) is 0 Å². The summed E-state index contributed by atoms with van der Waals surface area (Å²) in [4.78, 5) is 12.0. The van der Waals surface area contributed by atoms with Crippen LogP contribution in [-0.4, -0.2) is 5.91 Å². The zero-order valence-corrected chi connectivity index (χ0v) is 11.6. The molecule has 0 aromatic heterocycles. The maximum atomic E-state index is 12.9. The quantitative estimate of drug-likeness (QED) is 0.873. The molecule has 0 fully saturated rings. The highest BCUT2D eigenvalue weighted by molar-refractivity contribution is 5.94. The average molecular weight is 322 g/mol. The molecule has 0 heterocycles. The van der Waals surface area contributed by atoms with Crippen LogP contribution in [0.15, 0.2) is 48.5 Å². The molecule has 0 bridgehead atoms. The molecule has 2 aromatic carbocycles. The predicted molar refractivity (Wildman–Crippen MR) is 73.7 cm³/mol. The third kappa shape index (κ3) is 4.07. The molecule has 0 aliphatic heterocycles. The van der Waals surface area contributed by atoms with E-state index in [0.29, 0.717) is 5.56 Å². The van der Waals surface area contributed by atoms with Crippen LogP contribution in [0, 0.1) is 17.1 Å². The summed E-state index contributed by atoms with van der Waals surface area (Å²) in [5.41, 5.74) is -0.515. The van der Waals surface area contributed by atoms with Gasteiger partial charge in [0.05, 0.1) is 11.6 Å². The molecule has 3 nitrogen and oxygen atoms in total. The van der Waals surface area contributed by atoms with Crippen LogP contribution in [0.25, 0.3) is 0 Å². The van der Waals surface area contributed by atoms with Crippen molar-refractivity contribution in [3.63, 3.8) is 0 Å². The Bertz CT molecular complexity index is 731. The first-order valence-corrected chi connectivity index (χ1v) is 6.44. The molecule has 1 amide bonds. The summed E-state index contributed by atoms with van der Waals surface area (Å²) in [6.07, 6.45) is -4.49. The summed E-state index contributed by atoms with van der Waals surface area (Å²) in [7, 11) is 0. The first-order valence-electron chi connectivity index (χ1n) is 6.44. The molecule has 0 saturated carbocycles. The number of halogens is 4. The van der Waals surface area contributed by atoms with E-state index >= 15 is 0 Å². The van der Waals surface area contributed by atoms with Gasteiger partial charge in [-0.3, -0.25) is 4.79 Å². The van der Waals surface area contributed by atoms with E-state index < -0.39 is 29.5 Å². The van der Waals surface area contributed by atoms with Crippen molar-refractivity contribution in [3.8, 4) is 6.07 Å². The van der Waals surface area contributed by atoms with Crippen molar-refractivity contribution in [1.29, 1.82) is 5.26 Å². The predicted octanol–water partition coefficient (Wildman–Crippen LogP) is 3.84. The Morgan fingerprint density at radius 3 is 2.09 bits per heavy atom. The topological polar surface area (TPSA) is 52.9 Å². The van der Waals surface area contributed by atoms with Crippen molar-refractivity contribution in [2.45, 2.75) is 12.2 Å². The van der Waals surface area contributed by atoms with Gasteiger partial charge < -0.3 is 5.32 Å². The van der Waals surface area contributed by atoms with Gasteiger partial charge in [-0.2, -0.15) is 18.4 Å². The van der Waals surface area contributed by atoms with Crippen molar-refractivity contribution < 1.29 is 22.4 Å². The summed E-state index contributed by atoms with van der Waals surface area (Å²) in [5, 5.41) is 11.5. The van der Waals surface area contributed by atoms with Crippen LogP contribution in [0.1, 0.15) is 27.5 Å². The Kier molecular flexibility index (Phi) is 4.65. The fraction of sp³-hybridized carbons (Fsp3) is 0.125. The number of nitriles is 1. The van der Waals surface area contributed by atoms with Crippen LogP contribution in [0.3, 0.4) is 0 Å². The minimum atomic E-state index is -4.49. The number of hydrogen-bond donors (Lipinski definition) is 1. The van der Waals surface area contributed by atoms with E-state index in [0.717, 1.165) is 36.4 Å². The summed E-state index contributed by atoms with van der Waals surface area (Å²) >= 11 is 0. The summed E-state index contributed by atoms with van der Waals surface area (Å²) < 4.78 is 50.2. The maximum absolute atomic E-state index is 12.9. The summed E-state index contributed by atoms with van der Waals surface area (Å²) in [5.74, 6) is -1.19. The molecule has 7 heteroatoms. The van der Waals surface area contributed by atoms with Gasteiger partial charge >= 0.3 is 6.18 Å². The Morgan fingerprint density at radius 1 is 1.04 bits per heavy atom. The first kappa shape index (κ1) is 16.5. The minimum Gasteiger partial charge on any atom is -0.333 e. The lowest BCUT2D eigenvalue weighted by Gasteiger charge is -2.12. The fourth-order valence-electron chi connectivity index (χ4n) is 1.87. The highest BCUT2D eigenvalue weighted by Crippen LogP contribution is 2.29. The number of nitrogens with zero attached hydrogens (tertiary/aromatic N) is 1. The van der Waals surface area contributed by atoms with Gasteiger partial charge in [-0.05, 0) is 42.0 Å². The zero-order chi connectivity index (χ0) is 17.0. The molecule has 0 aliphatic carbocycles. The second-order valence-corrected chi connectivity index (χ2v) is 4.66. The Balaban J connectivity index is 2.14. The normalized spacial score (nSPS) is 12.3. The molecule has 23 heavy (non-hydrogen) atoms. The van der Waals surface area contributed by atoms with E-state index in [1.807, 2.05) is 6.07 Å². The van der Waals surface area contributed by atoms with Gasteiger partial charge in [0, 0.05) is 5.56 Å². The van der Waals surface area contributed by atoms with E-state index in [1.165, 1.54) is 12.1 Å². The zero-order valence-electron chi connectivity index (χ0n) is 11.6. The van der Waals surface area contributed by atoms with Gasteiger partial charge in [-0.15, -0.1) is 0 Å². The Hall–Kier alpha value is -2.88. The number of benzene rings is 2. The second kappa shape index (κ2) is 6.48. The molecular formula is C16H10F4N2O. The van der Waals surface area contributed by atoms with Crippen LogP contribution in [0.5, 0.6) is 0 Å². The second-order valence-electron chi connectivity index (χ2n) is 4.66. The smallest absolute Gasteiger partial charge is 0.333 e. The first-order chi connectivity index (χ1) is 10.8. The third-order valence-electron chi connectivity index (χ3n) is 3.08. The SMILES string of the molecule is N#C[C@H](NC(=O)c1ccc(C(F)(F)F)cc1)c1ccc(F)cc1. The molecule has 1 N–H and O–H groups in total. The van der Waals surface area contributed by atoms with E-state index in [9.17, 15) is 22.4 Å². The molecule has 0 spiro atoms. The molecule has 0 saturated heterocycles. The lowest BCUT2D eigenvalue weighted by Crippen LogP contribution is -2.27. The monoisotopic (exact) mass is 322 g/mol. The molecule has 118 valence electrons. The highest BCUT2D eigenvalue weighted by atomic mass is 19.4. The standard InChI is InChI=1S/C16H10F4N2O/c17-13-7-3-10(4-8-13)14(9-21)22-15(23)11-1-5-12(6-2-11)16(18,19)20/h1-8,14H,(H,22,23)/t14-/m0/s1. The summed E-state index contributed by atoms with van der Waals surface area (Å²) in [6, 6.07) is 9.40. The number of amides is 1. The molecule has 0 unspecified atom stereocenters. The van der Waals surface area contributed by atoms with E-state index in [4.69, 9.17) is 5.26 Å². The van der Waals surface area contributed by atoms with Crippen LogP contribution in [0.2, 0.25) is 0 Å². The number of alkyl halides is 3. The van der Waals surface area contributed by atoms with Crippen molar-refractivity contribution in [2.24, 2.45) is 0 Å². The van der Waals surface area contributed by atoms with Crippen LogP contribution in [-0.2, 0) is 6.18 Å². The molecule has 0 aliphatic rings. The van der Waals surface area contributed by atoms with E-state index in [-0.39, 0.29) is 5.56 Å². The van der Waals surface area contributed by atoms with Crippen molar-refractivity contribution >= 4 is 5.91 Å². The van der Waals surface area contributed by atoms with E-state index in [1.54, 1.807) is 0 Å². The van der Waals surface area contributed by atoms with Crippen LogP contribution >= 0.6 is 0 Å².